The van der Waals surface area contributed by atoms with Crippen LogP contribution in [0.2, 0.25) is 5.02 Å². The summed E-state index contributed by atoms with van der Waals surface area (Å²) in [6.07, 6.45) is 2.14. The minimum absolute atomic E-state index is 0.121. The van der Waals surface area contributed by atoms with E-state index in [4.69, 9.17) is 22.3 Å². The van der Waals surface area contributed by atoms with E-state index in [0.717, 1.165) is 28.6 Å². The molecule has 0 saturated carbocycles. The number of nitrogens with zero attached hydrogens (tertiary/aromatic N) is 2. The Hall–Kier alpha value is -3.28. The number of fused-ring (bicyclic) bond motifs is 1. The van der Waals surface area contributed by atoms with Gasteiger partial charge < -0.3 is 10.6 Å². The lowest BCUT2D eigenvalue weighted by Gasteiger charge is -2.26. The van der Waals surface area contributed by atoms with Crippen molar-refractivity contribution in [2.45, 2.75) is 33.1 Å². The molecule has 4 rings (SSSR count). The predicted octanol–water partition coefficient (Wildman–Crippen LogP) is 6.60. The van der Waals surface area contributed by atoms with E-state index in [1.807, 2.05) is 36.4 Å². The van der Waals surface area contributed by atoms with Gasteiger partial charge in [0.15, 0.2) is 0 Å². The molecule has 0 aliphatic carbocycles. The van der Waals surface area contributed by atoms with Crippen molar-refractivity contribution in [3.8, 4) is 0 Å². The summed E-state index contributed by atoms with van der Waals surface area (Å²) in [7, 11) is 0. The fourth-order valence-electron chi connectivity index (χ4n) is 4.61. The largest absolute Gasteiger partial charge is 0.338 e. The molecule has 1 atom stereocenters. The van der Waals surface area contributed by atoms with Gasteiger partial charge >= 0.3 is 0 Å². The molecule has 3 aromatic carbocycles. The third kappa shape index (κ3) is 6.94. The van der Waals surface area contributed by atoms with Crippen molar-refractivity contribution in [1.82, 2.24) is 9.88 Å². The molecule has 0 bridgehead atoms. The number of aryl methyl sites for hydroxylation is 1. The van der Waals surface area contributed by atoms with Crippen molar-refractivity contribution in [3.05, 3.63) is 112 Å². The van der Waals surface area contributed by atoms with Crippen LogP contribution in [0.15, 0.2) is 72.8 Å². The molecule has 0 radical (unpaired) electrons. The Bertz CT molecular complexity index is 1380. The van der Waals surface area contributed by atoms with Crippen LogP contribution < -0.4 is 5.73 Å². The second-order valence-corrected chi connectivity index (χ2v) is 10.2. The summed E-state index contributed by atoms with van der Waals surface area (Å²) in [5, 5.41) is 1.70. The van der Waals surface area contributed by atoms with Crippen molar-refractivity contribution < 1.29 is 9.18 Å². The summed E-state index contributed by atoms with van der Waals surface area (Å²) < 4.78 is 14.2. The zero-order valence-corrected chi connectivity index (χ0v) is 22.1. The van der Waals surface area contributed by atoms with E-state index in [0.29, 0.717) is 48.6 Å². The lowest BCUT2D eigenvalue weighted by Crippen LogP contribution is -2.37. The van der Waals surface area contributed by atoms with Crippen molar-refractivity contribution in [2.24, 2.45) is 11.7 Å². The van der Waals surface area contributed by atoms with Gasteiger partial charge in [-0.2, -0.15) is 0 Å². The van der Waals surface area contributed by atoms with Crippen LogP contribution in [0.4, 0.5) is 4.39 Å². The van der Waals surface area contributed by atoms with Gasteiger partial charge in [0.05, 0.1) is 5.52 Å². The van der Waals surface area contributed by atoms with Crippen LogP contribution in [0.1, 0.15) is 46.1 Å². The van der Waals surface area contributed by atoms with Crippen LogP contribution in [0.3, 0.4) is 0 Å². The molecule has 4 nitrogen and oxygen atoms in total. The average molecular weight is 518 g/mol. The highest BCUT2D eigenvalue weighted by molar-refractivity contribution is 6.31. The zero-order chi connectivity index (χ0) is 26.4. The molecule has 37 heavy (non-hydrogen) atoms. The molecule has 2 N–H and O–H groups in total. The maximum absolute atomic E-state index is 14.2. The number of halogens is 2. The van der Waals surface area contributed by atoms with Crippen molar-refractivity contribution >= 4 is 28.4 Å². The summed E-state index contributed by atoms with van der Waals surface area (Å²) >= 11 is 6.26. The summed E-state index contributed by atoms with van der Waals surface area (Å²) in [6, 6.07) is 23.0. The number of pyridine rings is 1. The lowest BCUT2D eigenvalue weighted by atomic mass is 9.95. The third-order valence-corrected chi connectivity index (χ3v) is 6.83. The Kier molecular flexibility index (Phi) is 8.91. The van der Waals surface area contributed by atoms with Gasteiger partial charge in [-0.1, -0.05) is 61.0 Å². The number of carbonyl (C=O) groups excluding carboxylic acids is 1. The van der Waals surface area contributed by atoms with Crippen LogP contribution >= 0.6 is 11.6 Å². The van der Waals surface area contributed by atoms with Gasteiger partial charge in [0.2, 0.25) is 0 Å². The molecule has 0 spiro atoms. The Morgan fingerprint density at radius 2 is 1.86 bits per heavy atom. The van der Waals surface area contributed by atoms with Crippen molar-refractivity contribution in [1.29, 1.82) is 0 Å². The molecule has 192 valence electrons. The number of hydrogen-bond acceptors (Lipinski definition) is 3. The molecular formula is C31H33ClFN3O. The first-order chi connectivity index (χ1) is 17.8. The van der Waals surface area contributed by atoms with Crippen LogP contribution in [0.25, 0.3) is 10.9 Å². The standard InChI is InChI=1S/C31H33ClFN3O/c1-21(20-36(14-6-13-34)31(37)25-10-9-22(2)28(33)18-25)15-29-26(16-23-7-4-3-5-8-23)17-24-11-12-27(32)19-30(24)35-29/h3-5,7-12,17-19,21H,6,13-16,20,34H2,1-2H3. The van der Waals surface area contributed by atoms with E-state index >= 15 is 0 Å². The molecule has 0 aliphatic rings. The van der Waals surface area contributed by atoms with E-state index in [9.17, 15) is 9.18 Å². The van der Waals surface area contributed by atoms with E-state index in [2.05, 4.69) is 25.1 Å². The molecule has 1 amide bonds. The summed E-state index contributed by atoms with van der Waals surface area (Å²) in [5.41, 5.74) is 10.9. The number of carbonyl (C=O) groups is 1. The minimum Gasteiger partial charge on any atom is -0.338 e. The minimum atomic E-state index is -0.373. The molecule has 6 heteroatoms. The molecule has 1 heterocycles. The molecule has 1 aromatic heterocycles. The molecule has 4 aromatic rings. The van der Waals surface area contributed by atoms with Gasteiger partial charge in [-0.05, 0) is 85.7 Å². The fraction of sp³-hybridized carbons (Fsp3) is 0.290. The second kappa shape index (κ2) is 12.3. The van der Waals surface area contributed by atoms with Gasteiger partial charge in [-0.3, -0.25) is 9.78 Å². The van der Waals surface area contributed by atoms with Crippen molar-refractivity contribution in [3.63, 3.8) is 0 Å². The van der Waals surface area contributed by atoms with E-state index < -0.39 is 0 Å². The van der Waals surface area contributed by atoms with Crippen LogP contribution in [-0.2, 0) is 12.8 Å². The van der Waals surface area contributed by atoms with E-state index in [1.165, 1.54) is 11.6 Å². The van der Waals surface area contributed by atoms with E-state index in [-0.39, 0.29) is 17.6 Å². The summed E-state index contributed by atoms with van der Waals surface area (Å²) in [4.78, 5) is 20.1. The highest BCUT2D eigenvalue weighted by atomic mass is 35.5. The number of aromatic nitrogens is 1. The highest BCUT2D eigenvalue weighted by Gasteiger charge is 2.21. The first-order valence-electron chi connectivity index (χ1n) is 12.7. The molecule has 0 fully saturated rings. The quantitative estimate of drug-likeness (QED) is 0.258. The average Bonchev–Trinajstić information content (AvgIpc) is 2.88. The number of hydrogen-bond donors (Lipinski definition) is 1. The smallest absolute Gasteiger partial charge is 0.253 e. The van der Waals surface area contributed by atoms with Gasteiger partial charge in [-0.25, -0.2) is 4.39 Å². The number of amides is 1. The van der Waals surface area contributed by atoms with Crippen molar-refractivity contribution in [2.75, 3.05) is 19.6 Å². The van der Waals surface area contributed by atoms with Gasteiger partial charge in [-0.15, -0.1) is 0 Å². The topological polar surface area (TPSA) is 59.2 Å². The summed E-state index contributed by atoms with van der Waals surface area (Å²) in [5.74, 6) is -0.431. The molecular weight excluding hydrogens is 485 g/mol. The monoisotopic (exact) mass is 517 g/mol. The first-order valence-corrected chi connectivity index (χ1v) is 13.1. The number of nitrogens with two attached hydrogens (primary N) is 1. The Labute approximate surface area is 223 Å². The maximum atomic E-state index is 14.2. The lowest BCUT2D eigenvalue weighted by molar-refractivity contribution is 0.0730. The molecule has 0 aliphatic heterocycles. The normalized spacial score (nSPS) is 12.0. The first kappa shape index (κ1) is 26.8. The maximum Gasteiger partial charge on any atom is 0.253 e. The zero-order valence-electron chi connectivity index (χ0n) is 21.4. The van der Waals surface area contributed by atoms with Gasteiger partial charge in [0.25, 0.3) is 5.91 Å². The van der Waals surface area contributed by atoms with Crippen LogP contribution in [0, 0.1) is 18.7 Å². The number of benzene rings is 3. The number of rotatable bonds is 10. The summed E-state index contributed by atoms with van der Waals surface area (Å²) in [6.45, 7) is 5.33. The molecule has 0 saturated heterocycles. The van der Waals surface area contributed by atoms with E-state index in [1.54, 1.807) is 24.0 Å². The Morgan fingerprint density at radius 1 is 1.08 bits per heavy atom. The third-order valence-electron chi connectivity index (χ3n) is 6.60. The fourth-order valence-corrected chi connectivity index (χ4v) is 4.77. The molecule has 1 unspecified atom stereocenters. The van der Waals surface area contributed by atoms with Crippen LogP contribution in [0.5, 0.6) is 0 Å². The second-order valence-electron chi connectivity index (χ2n) is 9.76. The predicted molar refractivity (Wildman–Crippen MR) is 150 cm³/mol. The van der Waals surface area contributed by atoms with Gasteiger partial charge in [0.1, 0.15) is 5.82 Å². The highest BCUT2D eigenvalue weighted by Crippen LogP contribution is 2.25. The SMILES string of the molecule is Cc1ccc(C(=O)N(CCCN)CC(C)Cc2nc3cc(Cl)ccc3cc2Cc2ccccc2)cc1F. The Balaban J connectivity index is 1.59. The van der Waals surface area contributed by atoms with Crippen LogP contribution in [-0.4, -0.2) is 35.4 Å². The Morgan fingerprint density at radius 3 is 2.59 bits per heavy atom. The van der Waals surface area contributed by atoms with Gasteiger partial charge in [0, 0.05) is 34.8 Å².